The highest BCUT2D eigenvalue weighted by Crippen LogP contribution is 2.43. The first-order chi connectivity index (χ1) is 15.2. The van der Waals surface area contributed by atoms with Crippen LogP contribution in [0.3, 0.4) is 0 Å². The molecule has 1 unspecified atom stereocenters. The molecule has 1 atom stereocenters. The fourth-order valence-corrected chi connectivity index (χ4v) is 5.44. The number of carbonyl (C=O) groups is 2. The van der Waals surface area contributed by atoms with Crippen molar-refractivity contribution in [2.45, 2.75) is 19.1 Å². The number of halogens is 2. The summed E-state index contributed by atoms with van der Waals surface area (Å²) in [7, 11) is 0. The van der Waals surface area contributed by atoms with Crippen molar-refractivity contribution < 1.29 is 28.6 Å². The Morgan fingerprint density at radius 2 is 1.62 bits per heavy atom. The zero-order valence-corrected chi connectivity index (χ0v) is 18.9. The van der Waals surface area contributed by atoms with Gasteiger partial charge in [0.15, 0.2) is 11.6 Å². The quantitative estimate of drug-likeness (QED) is 0.424. The highest BCUT2D eigenvalue weighted by atomic mass is 32.2. The van der Waals surface area contributed by atoms with E-state index in [1.807, 2.05) is 0 Å². The summed E-state index contributed by atoms with van der Waals surface area (Å²) in [6.45, 7) is 2.82. The van der Waals surface area contributed by atoms with E-state index in [0.29, 0.717) is 27.3 Å². The van der Waals surface area contributed by atoms with Gasteiger partial charge in [-0.05, 0) is 49.2 Å². The van der Waals surface area contributed by atoms with Crippen LogP contribution in [-0.2, 0) is 4.79 Å². The van der Waals surface area contributed by atoms with Crippen LogP contribution in [0.1, 0.15) is 35.0 Å². The molecule has 0 spiro atoms. The normalized spacial score (nSPS) is 15.3. The Hall–Kier alpha value is -2.97. The molecular formula is C24H20F2O4S2. The van der Waals surface area contributed by atoms with E-state index < -0.39 is 0 Å². The Morgan fingerprint density at radius 1 is 0.969 bits per heavy atom. The Labute approximate surface area is 192 Å². The van der Waals surface area contributed by atoms with Crippen LogP contribution in [0.5, 0.6) is 5.75 Å². The summed E-state index contributed by atoms with van der Waals surface area (Å²) in [5, 5.41) is 21.0. The summed E-state index contributed by atoms with van der Waals surface area (Å²) < 4.78 is 26.0. The third-order valence-corrected chi connectivity index (χ3v) is 7.06. The van der Waals surface area contributed by atoms with Crippen molar-refractivity contribution in [1.29, 1.82) is 0 Å². The number of aliphatic hydroxyl groups is 1. The number of hydrogen-bond donors (Lipinski definition) is 2. The Kier molecular flexibility index (Phi) is 7.48. The number of carbonyl (C=O) groups excluding carboxylic acids is 2. The van der Waals surface area contributed by atoms with Crippen LogP contribution < -0.4 is 0 Å². The molecule has 0 amide bonds. The second kappa shape index (κ2) is 10.1. The van der Waals surface area contributed by atoms with Gasteiger partial charge in [0.05, 0.1) is 15.7 Å². The summed E-state index contributed by atoms with van der Waals surface area (Å²) >= 11 is 2.67. The summed E-state index contributed by atoms with van der Waals surface area (Å²) in [6, 6.07) is 12.0. The third-order valence-electron chi connectivity index (χ3n) is 4.76. The van der Waals surface area contributed by atoms with E-state index in [1.165, 1.54) is 61.2 Å². The summed E-state index contributed by atoms with van der Waals surface area (Å²) in [6.07, 6.45) is 0. The topological polar surface area (TPSA) is 74.6 Å². The molecule has 32 heavy (non-hydrogen) atoms. The number of benzene rings is 2. The minimum atomic E-state index is -0.366. The number of hydrogen-bond acceptors (Lipinski definition) is 6. The summed E-state index contributed by atoms with van der Waals surface area (Å²) in [4.78, 5) is 22.9. The smallest absolute Gasteiger partial charge is 0.164 e. The van der Waals surface area contributed by atoms with E-state index in [-0.39, 0.29) is 45.5 Å². The molecule has 0 aliphatic carbocycles. The standard InChI is InChI=1S/C12H11FO2S.C12H9FO2S/c2*1-7(14)10-6-16-12(11(10)15)8-3-2-4-9(13)5-8/h2-5,12,15H,6H2,1H3;2-6,15H,1H3. The van der Waals surface area contributed by atoms with Gasteiger partial charge in [0, 0.05) is 16.7 Å². The second-order valence-electron chi connectivity index (χ2n) is 7.06. The summed E-state index contributed by atoms with van der Waals surface area (Å²) in [5.74, 6) is -0.522. The number of Topliss-reactive ketones (excluding diaryl/α,β-unsaturated/α-hetero) is 2. The molecule has 0 bridgehead atoms. The minimum absolute atomic E-state index is 0.0666. The molecule has 1 aromatic heterocycles. The number of aliphatic hydroxyl groups excluding tert-OH is 1. The summed E-state index contributed by atoms with van der Waals surface area (Å²) in [5.41, 5.74) is 2.00. The van der Waals surface area contributed by atoms with Crippen LogP contribution in [0.25, 0.3) is 10.4 Å². The van der Waals surface area contributed by atoms with Crippen molar-refractivity contribution >= 4 is 34.7 Å². The molecule has 4 rings (SSSR count). The van der Waals surface area contributed by atoms with Crippen LogP contribution in [0.2, 0.25) is 0 Å². The van der Waals surface area contributed by atoms with Gasteiger partial charge in [-0.15, -0.1) is 23.1 Å². The van der Waals surface area contributed by atoms with Gasteiger partial charge in [0.1, 0.15) is 23.1 Å². The van der Waals surface area contributed by atoms with Gasteiger partial charge in [-0.3, -0.25) is 9.59 Å². The van der Waals surface area contributed by atoms with Gasteiger partial charge in [0.2, 0.25) is 0 Å². The monoisotopic (exact) mass is 474 g/mol. The van der Waals surface area contributed by atoms with Gasteiger partial charge >= 0.3 is 0 Å². The molecule has 8 heteroatoms. The van der Waals surface area contributed by atoms with Crippen LogP contribution in [0, 0.1) is 11.6 Å². The van der Waals surface area contributed by atoms with Crippen molar-refractivity contribution in [2.75, 3.05) is 5.75 Å². The van der Waals surface area contributed by atoms with Gasteiger partial charge < -0.3 is 10.2 Å². The minimum Gasteiger partial charge on any atom is -0.510 e. The van der Waals surface area contributed by atoms with Gasteiger partial charge in [-0.1, -0.05) is 24.3 Å². The molecule has 166 valence electrons. The third kappa shape index (κ3) is 5.26. The molecule has 2 N–H and O–H groups in total. The van der Waals surface area contributed by atoms with Crippen LogP contribution >= 0.6 is 23.1 Å². The second-order valence-corrected chi connectivity index (χ2v) is 9.03. The van der Waals surface area contributed by atoms with Gasteiger partial charge in [-0.25, -0.2) is 8.78 Å². The highest BCUT2D eigenvalue weighted by molar-refractivity contribution is 8.00. The molecule has 0 saturated heterocycles. The SMILES string of the molecule is CC(=O)C1=C(O)C(c2cccc(F)c2)SC1.CC(=O)c1csc(-c2cccc(F)c2)c1O. The number of ketones is 2. The van der Waals surface area contributed by atoms with Crippen molar-refractivity contribution in [2.24, 2.45) is 0 Å². The van der Waals surface area contributed by atoms with Crippen molar-refractivity contribution in [3.05, 3.63) is 88.0 Å². The predicted octanol–water partition coefficient (Wildman–Crippen LogP) is 6.48. The van der Waals surface area contributed by atoms with Crippen LogP contribution in [0.15, 0.2) is 65.2 Å². The first-order valence-corrected chi connectivity index (χ1v) is 11.5. The van der Waals surface area contributed by atoms with Crippen LogP contribution in [-0.4, -0.2) is 27.5 Å². The van der Waals surface area contributed by atoms with Crippen molar-refractivity contribution in [3.8, 4) is 16.2 Å². The molecule has 3 aromatic rings. The zero-order valence-electron chi connectivity index (χ0n) is 17.3. The van der Waals surface area contributed by atoms with E-state index in [1.54, 1.807) is 29.6 Å². The lowest BCUT2D eigenvalue weighted by molar-refractivity contribution is -0.113. The molecule has 2 heterocycles. The average molecular weight is 475 g/mol. The van der Waals surface area contributed by atoms with E-state index in [2.05, 4.69) is 0 Å². The molecule has 0 fully saturated rings. The first kappa shape index (κ1) is 23.7. The average Bonchev–Trinajstić information content (AvgIpc) is 3.31. The number of thioether (sulfide) groups is 1. The molecule has 0 radical (unpaired) electrons. The maximum Gasteiger partial charge on any atom is 0.164 e. The van der Waals surface area contributed by atoms with Crippen LogP contribution in [0.4, 0.5) is 8.78 Å². The van der Waals surface area contributed by atoms with Crippen molar-refractivity contribution in [1.82, 2.24) is 0 Å². The molecule has 1 aliphatic rings. The van der Waals surface area contributed by atoms with Gasteiger partial charge in [-0.2, -0.15) is 0 Å². The molecule has 2 aromatic carbocycles. The number of rotatable bonds is 4. The fourth-order valence-electron chi connectivity index (χ4n) is 3.12. The van der Waals surface area contributed by atoms with E-state index >= 15 is 0 Å². The lowest BCUT2D eigenvalue weighted by Gasteiger charge is -2.09. The molecule has 0 saturated carbocycles. The lowest BCUT2D eigenvalue weighted by atomic mass is 10.1. The Bertz CT molecular complexity index is 1200. The van der Waals surface area contributed by atoms with E-state index in [0.717, 1.165) is 0 Å². The Balaban J connectivity index is 0.000000181. The maximum atomic E-state index is 13.0. The molecular weight excluding hydrogens is 454 g/mol. The molecule has 1 aliphatic heterocycles. The lowest BCUT2D eigenvalue weighted by Crippen LogP contribution is -2.00. The number of aromatic hydroxyl groups is 1. The van der Waals surface area contributed by atoms with E-state index in [4.69, 9.17) is 0 Å². The maximum absolute atomic E-state index is 13.0. The van der Waals surface area contributed by atoms with E-state index in [9.17, 15) is 28.6 Å². The predicted molar refractivity (Wildman–Crippen MR) is 123 cm³/mol. The molecule has 4 nitrogen and oxygen atoms in total. The largest absolute Gasteiger partial charge is 0.510 e. The fraction of sp³-hybridized carbons (Fsp3) is 0.167. The Morgan fingerprint density at radius 3 is 2.16 bits per heavy atom. The highest BCUT2D eigenvalue weighted by Gasteiger charge is 2.29. The first-order valence-electron chi connectivity index (χ1n) is 9.56. The number of thiophene rings is 1. The van der Waals surface area contributed by atoms with Gasteiger partial charge in [0.25, 0.3) is 0 Å². The zero-order chi connectivity index (χ0) is 23.4. The van der Waals surface area contributed by atoms with Crippen molar-refractivity contribution in [3.63, 3.8) is 0 Å².